The Balaban J connectivity index is 3.96. The molecule has 0 aromatic heterocycles. The molecule has 0 aliphatic rings. The zero-order valence-corrected chi connectivity index (χ0v) is 30.0. The maximum absolute atomic E-state index is 12.1. The molecule has 1 amide bonds. The Labute approximate surface area is 283 Å². The molecule has 0 radical (unpaired) electrons. The maximum atomic E-state index is 12.1. The Morgan fingerprint density at radius 1 is 0.543 bits per heavy atom. The summed E-state index contributed by atoms with van der Waals surface area (Å²) < 4.78 is 0. The highest BCUT2D eigenvalue weighted by Crippen LogP contribution is 2.13. The fourth-order valence-electron chi connectivity index (χ4n) is 5.22. The highest BCUT2D eigenvalue weighted by Gasteiger charge is 2.14. The van der Waals surface area contributed by atoms with Crippen LogP contribution in [0.5, 0.6) is 0 Å². The van der Waals surface area contributed by atoms with E-state index in [1.807, 2.05) is 0 Å². The zero-order chi connectivity index (χ0) is 33.6. The van der Waals surface area contributed by atoms with E-state index in [1.165, 1.54) is 32.1 Å². The van der Waals surface area contributed by atoms with Crippen LogP contribution in [0.2, 0.25) is 0 Å². The van der Waals surface area contributed by atoms with Gasteiger partial charge >= 0.3 is 0 Å². The van der Waals surface area contributed by atoms with Crippen LogP contribution < -0.4 is 48.7 Å². The SMILES string of the molecule is CCCCCCCCC(O)N(CCCCCCCC(=O)NCCNCCNCCNCCN)CCNCCNCCNCCCN. The smallest absolute Gasteiger partial charge is 0.220 e. The fourth-order valence-corrected chi connectivity index (χ4v) is 5.22. The molecule has 1 atom stereocenters. The van der Waals surface area contributed by atoms with E-state index in [4.69, 9.17) is 11.5 Å². The number of hydrogen-bond acceptors (Lipinski definition) is 11. The molecular weight excluding hydrogens is 580 g/mol. The van der Waals surface area contributed by atoms with Gasteiger partial charge < -0.3 is 53.8 Å². The first kappa shape index (κ1) is 45.1. The van der Waals surface area contributed by atoms with Crippen molar-refractivity contribution in [2.75, 3.05) is 111 Å². The number of nitrogens with two attached hydrogens (primary N) is 2. The first-order valence-corrected chi connectivity index (χ1v) is 19.0. The number of hydrogen-bond donors (Lipinski definition) is 10. The van der Waals surface area contributed by atoms with Crippen LogP contribution >= 0.6 is 0 Å². The zero-order valence-electron chi connectivity index (χ0n) is 30.0. The minimum absolute atomic E-state index is 0.150. The number of nitrogens with one attached hydrogen (secondary N) is 7. The lowest BCUT2D eigenvalue weighted by molar-refractivity contribution is -0.121. The predicted molar refractivity (Wildman–Crippen MR) is 196 cm³/mol. The highest BCUT2D eigenvalue weighted by atomic mass is 16.3. The Morgan fingerprint density at radius 2 is 1.04 bits per heavy atom. The van der Waals surface area contributed by atoms with Gasteiger partial charge in [-0.2, -0.15) is 0 Å². The molecule has 12 N–H and O–H groups in total. The molecule has 0 rings (SSSR count). The van der Waals surface area contributed by atoms with Crippen LogP contribution in [0.25, 0.3) is 0 Å². The van der Waals surface area contributed by atoms with Crippen LogP contribution in [0.3, 0.4) is 0 Å². The van der Waals surface area contributed by atoms with Crippen molar-refractivity contribution in [3.05, 3.63) is 0 Å². The first-order valence-electron chi connectivity index (χ1n) is 19.0. The summed E-state index contributed by atoms with van der Waals surface area (Å²) in [6.45, 7) is 17.1. The summed E-state index contributed by atoms with van der Waals surface area (Å²) in [5.41, 5.74) is 11.0. The molecule has 0 aromatic rings. The highest BCUT2D eigenvalue weighted by molar-refractivity contribution is 5.75. The molecule has 12 heteroatoms. The molecule has 46 heavy (non-hydrogen) atoms. The third-order valence-corrected chi connectivity index (χ3v) is 8.08. The Hall–Kier alpha value is -0.930. The second kappa shape index (κ2) is 38.5. The number of aliphatic hydroxyl groups excluding tert-OH is 1. The number of carbonyl (C=O) groups excluding carboxylic acids is 1. The molecule has 0 aliphatic carbocycles. The second-order valence-electron chi connectivity index (χ2n) is 12.4. The fraction of sp³-hybridized carbons (Fsp3) is 0.971. The molecule has 0 bridgehead atoms. The Kier molecular flexibility index (Phi) is 37.7. The van der Waals surface area contributed by atoms with Crippen molar-refractivity contribution in [1.82, 2.24) is 42.1 Å². The molecule has 0 spiro atoms. The number of nitrogens with zero attached hydrogens (tertiary/aromatic N) is 1. The van der Waals surface area contributed by atoms with Crippen molar-refractivity contribution < 1.29 is 9.90 Å². The van der Waals surface area contributed by atoms with Crippen LogP contribution in [0.15, 0.2) is 0 Å². The van der Waals surface area contributed by atoms with Gasteiger partial charge in [-0.05, 0) is 45.2 Å². The molecule has 0 saturated heterocycles. The van der Waals surface area contributed by atoms with Crippen molar-refractivity contribution in [3.63, 3.8) is 0 Å². The van der Waals surface area contributed by atoms with E-state index >= 15 is 0 Å². The molecular formula is C34H78N10O2. The summed E-state index contributed by atoms with van der Waals surface area (Å²) in [7, 11) is 0. The summed E-state index contributed by atoms with van der Waals surface area (Å²) in [4.78, 5) is 14.4. The van der Waals surface area contributed by atoms with Gasteiger partial charge in [0.25, 0.3) is 0 Å². The van der Waals surface area contributed by atoms with E-state index in [2.05, 4.69) is 49.0 Å². The molecule has 0 heterocycles. The first-order chi connectivity index (χ1) is 22.7. The summed E-state index contributed by atoms with van der Waals surface area (Å²) in [6, 6.07) is 0. The molecule has 0 aliphatic heterocycles. The van der Waals surface area contributed by atoms with Crippen LogP contribution in [-0.2, 0) is 4.79 Å². The Morgan fingerprint density at radius 3 is 1.65 bits per heavy atom. The summed E-state index contributed by atoms with van der Waals surface area (Å²) >= 11 is 0. The third kappa shape index (κ3) is 34.4. The molecule has 1 unspecified atom stereocenters. The number of unbranched alkanes of at least 4 members (excludes halogenated alkanes) is 9. The van der Waals surface area contributed by atoms with Gasteiger partial charge in [0, 0.05) is 105 Å². The lowest BCUT2D eigenvalue weighted by atomic mass is 10.1. The summed E-state index contributed by atoms with van der Waals surface area (Å²) in [6.07, 6.45) is 15.0. The third-order valence-electron chi connectivity index (χ3n) is 8.08. The predicted octanol–water partition coefficient (Wildman–Crippen LogP) is 0.659. The standard InChI is InChI=1S/C34H78N10O2/c1-2-3-4-5-8-11-15-34(46)44(32-30-42-27-26-39-22-20-37-18-13-16-35)31-12-9-6-7-10-14-33(45)43-29-28-41-25-24-40-23-21-38-19-17-36/h34,37-42,46H,2-32,35-36H2,1H3,(H,43,45). The van der Waals surface area contributed by atoms with E-state index in [1.54, 1.807) is 0 Å². The van der Waals surface area contributed by atoms with Crippen molar-refractivity contribution >= 4 is 5.91 Å². The minimum Gasteiger partial charge on any atom is -0.378 e. The quantitative estimate of drug-likeness (QED) is 0.0332. The van der Waals surface area contributed by atoms with E-state index in [9.17, 15) is 9.90 Å². The van der Waals surface area contributed by atoms with Crippen LogP contribution in [-0.4, -0.2) is 133 Å². The van der Waals surface area contributed by atoms with Gasteiger partial charge in [0.1, 0.15) is 6.23 Å². The number of aliphatic hydroxyl groups is 1. The van der Waals surface area contributed by atoms with Gasteiger partial charge in [-0.1, -0.05) is 58.3 Å². The van der Waals surface area contributed by atoms with Crippen LogP contribution in [0, 0.1) is 0 Å². The monoisotopic (exact) mass is 659 g/mol. The molecule has 12 nitrogen and oxygen atoms in total. The lowest BCUT2D eigenvalue weighted by Gasteiger charge is -2.28. The molecule has 0 fully saturated rings. The van der Waals surface area contributed by atoms with Crippen LogP contribution in [0.4, 0.5) is 0 Å². The lowest BCUT2D eigenvalue weighted by Crippen LogP contribution is -2.41. The van der Waals surface area contributed by atoms with Gasteiger partial charge in [0.2, 0.25) is 5.91 Å². The topological polar surface area (TPSA) is 177 Å². The minimum atomic E-state index is -0.357. The maximum Gasteiger partial charge on any atom is 0.220 e. The van der Waals surface area contributed by atoms with Crippen LogP contribution in [0.1, 0.15) is 96.8 Å². The summed E-state index contributed by atoms with van der Waals surface area (Å²) in [5.74, 6) is 0.150. The number of amides is 1. The second-order valence-corrected chi connectivity index (χ2v) is 12.4. The van der Waals surface area contributed by atoms with Crippen molar-refractivity contribution in [1.29, 1.82) is 0 Å². The molecule has 276 valence electrons. The summed E-state index contributed by atoms with van der Waals surface area (Å²) in [5, 5.41) is 34.3. The van der Waals surface area contributed by atoms with Gasteiger partial charge in [0.15, 0.2) is 0 Å². The average molecular weight is 659 g/mol. The van der Waals surface area contributed by atoms with E-state index < -0.39 is 0 Å². The van der Waals surface area contributed by atoms with Gasteiger partial charge in [-0.3, -0.25) is 9.69 Å². The van der Waals surface area contributed by atoms with E-state index in [0.717, 1.165) is 150 Å². The van der Waals surface area contributed by atoms with Gasteiger partial charge in [-0.25, -0.2) is 0 Å². The Bertz CT molecular complexity index is 606. The van der Waals surface area contributed by atoms with Crippen molar-refractivity contribution in [3.8, 4) is 0 Å². The van der Waals surface area contributed by atoms with E-state index in [0.29, 0.717) is 19.5 Å². The molecule has 0 aromatic carbocycles. The normalized spacial score (nSPS) is 12.3. The van der Waals surface area contributed by atoms with E-state index in [-0.39, 0.29) is 12.1 Å². The largest absolute Gasteiger partial charge is 0.378 e. The van der Waals surface area contributed by atoms with Gasteiger partial charge in [-0.15, -0.1) is 0 Å². The van der Waals surface area contributed by atoms with Gasteiger partial charge in [0.05, 0.1) is 0 Å². The van der Waals surface area contributed by atoms with Crippen molar-refractivity contribution in [2.45, 2.75) is 103 Å². The average Bonchev–Trinajstić information content (AvgIpc) is 3.06. The number of rotatable bonds is 39. The molecule has 0 saturated carbocycles. The van der Waals surface area contributed by atoms with Crippen molar-refractivity contribution in [2.24, 2.45) is 11.5 Å². The number of carbonyl (C=O) groups is 1.